The minimum absolute atomic E-state index is 0.209. The fourth-order valence-corrected chi connectivity index (χ4v) is 3.58. The predicted octanol–water partition coefficient (Wildman–Crippen LogP) is 2.22. The highest BCUT2D eigenvalue weighted by Gasteiger charge is 2.36. The molecule has 8 nitrogen and oxygen atoms in total. The molecule has 3 rings (SSSR count). The number of nitrogens with one attached hydrogen (secondary N) is 1. The number of piperazine rings is 1. The highest BCUT2D eigenvalue weighted by atomic mass is 16.5. The Labute approximate surface area is 193 Å². The summed E-state index contributed by atoms with van der Waals surface area (Å²) in [7, 11) is 0. The van der Waals surface area contributed by atoms with Gasteiger partial charge in [0.05, 0.1) is 25.2 Å². The number of carbonyl (C=O) groups is 3. The highest BCUT2D eigenvalue weighted by Crippen LogP contribution is 2.23. The van der Waals surface area contributed by atoms with E-state index < -0.39 is 12.0 Å². The summed E-state index contributed by atoms with van der Waals surface area (Å²) in [4.78, 5) is 39.7. The Morgan fingerprint density at radius 2 is 1.79 bits per heavy atom. The summed E-state index contributed by atoms with van der Waals surface area (Å²) in [6.45, 7) is 4.00. The Morgan fingerprint density at radius 1 is 1.03 bits per heavy atom. The molecule has 0 saturated carbocycles. The van der Waals surface area contributed by atoms with Crippen molar-refractivity contribution >= 4 is 17.8 Å². The monoisotopic (exact) mass is 454 g/mol. The van der Waals surface area contributed by atoms with Gasteiger partial charge >= 0.3 is 5.97 Å². The number of ether oxygens (including phenoxy) is 3. The van der Waals surface area contributed by atoms with Crippen molar-refractivity contribution in [3.05, 3.63) is 65.7 Å². The lowest BCUT2D eigenvalue weighted by molar-refractivity contribution is -0.147. The van der Waals surface area contributed by atoms with Crippen LogP contribution in [-0.4, -0.2) is 68.2 Å². The third-order valence-corrected chi connectivity index (χ3v) is 5.26. The molecule has 1 aliphatic rings. The minimum atomic E-state index is -0.938. The maximum absolute atomic E-state index is 13.3. The van der Waals surface area contributed by atoms with Gasteiger partial charge in [0, 0.05) is 26.1 Å². The van der Waals surface area contributed by atoms with Crippen molar-refractivity contribution in [2.24, 2.45) is 0 Å². The van der Waals surface area contributed by atoms with Crippen molar-refractivity contribution < 1.29 is 28.6 Å². The molecular weight excluding hydrogens is 424 g/mol. The fraction of sp³-hybridized carbons (Fsp3) is 0.400. The van der Waals surface area contributed by atoms with E-state index in [0.717, 1.165) is 5.56 Å². The summed E-state index contributed by atoms with van der Waals surface area (Å²) >= 11 is 0. The van der Waals surface area contributed by atoms with Gasteiger partial charge in [0.1, 0.15) is 18.4 Å². The second-order valence-corrected chi connectivity index (χ2v) is 7.51. The van der Waals surface area contributed by atoms with Gasteiger partial charge in [-0.05, 0) is 24.6 Å². The van der Waals surface area contributed by atoms with Crippen LogP contribution in [0.15, 0.2) is 54.6 Å². The van der Waals surface area contributed by atoms with Gasteiger partial charge in [-0.15, -0.1) is 0 Å². The topological polar surface area (TPSA) is 94.2 Å². The van der Waals surface area contributed by atoms with Gasteiger partial charge in [0.25, 0.3) is 5.91 Å². The first-order chi connectivity index (χ1) is 16.1. The Morgan fingerprint density at radius 3 is 2.58 bits per heavy atom. The lowest BCUT2D eigenvalue weighted by Crippen LogP contribution is -2.57. The van der Waals surface area contributed by atoms with Crippen LogP contribution in [-0.2, 0) is 25.5 Å². The van der Waals surface area contributed by atoms with Gasteiger partial charge < -0.3 is 24.4 Å². The summed E-state index contributed by atoms with van der Waals surface area (Å²) in [5.41, 5.74) is 1.39. The Balaban J connectivity index is 1.63. The second-order valence-electron chi connectivity index (χ2n) is 7.51. The summed E-state index contributed by atoms with van der Waals surface area (Å²) < 4.78 is 16.3. The van der Waals surface area contributed by atoms with Crippen LogP contribution >= 0.6 is 0 Å². The molecule has 1 atom stereocenters. The van der Waals surface area contributed by atoms with Crippen LogP contribution in [0.5, 0.6) is 5.75 Å². The van der Waals surface area contributed by atoms with E-state index in [1.165, 1.54) is 4.90 Å². The fourth-order valence-electron chi connectivity index (χ4n) is 3.58. The Kier molecular flexibility index (Phi) is 9.26. The van der Waals surface area contributed by atoms with E-state index in [0.29, 0.717) is 50.6 Å². The molecule has 0 bridgehead atoms. The largest absolute Gasteiger partial charge is 0.490 e. The van der Waals surface area contributed by atoms with E-state index in [1.54, 1.807) is 24.3 Å². The van der Waals surface area contributed by atoms with E-state index in [4.69, 9.17) is 14.2 Å². The van der Waals surface area contributed by atoms with Gasteiger partial charge in [-0.2, -0.15) is 0 Å². The zero-order valence-corrected chi connectivity index (χ0v) is 18.8. The van der Waals surface area contributed by atoms with Crippen LogP contribution in [0.1, 0.15) is 29.3 Å². The minimum Gasteiger partial charge on any atom is -0.490 e. The maximum atomic E-state index is 13.3. The summed E-state index contributed by atoms with van der Waals surface area (Å²) in [5, 5.41) is 2.73. The van der Waals surface area contributed by atoms with Crippen molar-refractivity contribution in [2.45, 2.75) is 25.8 Å². The lowest BCUT2D eigenvalue weighted by Gasteiger charge is -2.34. The molecule has 0 aromatic heterocycles. The molecule has 2 amide bonds. The van der Waals surface area contributed by atoms with Crippen LogP contribution in [0, 0.1) is 0 Å². The molecule has 1 fully saturated rings. The summed E-state index contributed by atoms with van der Waals surface area (Å²) in [5.74, 6) is -0.840. The molecule has 2 aromatic carbocycles. The van der Waals surface area contributed by atoms with Gasteiger partial charge in [-0.3, -0.25) is 14.4 Å². The van der Waals surface area contributed by atoms with Crippen molar-refractivity contribution in [3.8, 4) is 5.75 Å². The SMILES string of the molecule is CCOCCOc1ccccc1C(=O)N1CCNC(=O)C1CC(=O)OCCc1ccccc1. The first kappa shape index (κ1) is 24.3. The standard InChI is InChI=1S/C25H30N2O6/c1-2-31-16-17-32-22-11-7-6-10-20(22)25(30)27-14-13-26-24(29)21(27)18-23(28)33-15-12-19-8-4-3-5-9-19/h3-11,21H,2,12-18H2,1H3,(H,26,29). The molecule has 8 heteroatoms. The molecule has 1 N–H and O–H groups in total. The maximum Gasteiger partial charge on any atom is 0.308 e. The van der Waals surface area contributed by atoms with Crippen LogP contribution in [0.2, 0.25) is 0 Å². The summed E-state index contributed by atoms with van der Waals surface area (Å²) in [6, 6.07) is 15.6. The molecule has 1 heterocycles. The third-order valence-electron chi connectivity index (χ3n) is 5.26. The molecule has 1 unspecified atom stereocenters. The number of hydrogen-bond acceptors (Lipinski definition) is 6. The molecule has 176 valence electrons. The van der Waals surface area contributed by atoms with Gasteiger partial charge in [-0.1, -0.05) is 42.5 Å². The van der Waals surface area contributed by atoms with Crippen LogP contribution in [0.4, 0.5) is 0 Å². The first-order valence-corrected chi connectivity index (χ1v) is 11.2. The number of para-hydroxylation sites is 1. The Bertz CT molecular complexity index is 934. The zero-order valence-electron chi connectivity index (χ0n) is 18.8. The average molecular weight is 455 g/mol. The molecule has 33 heavy (non-hydrogen) atoms. The Hall–Kier alpha value is -3.39. The molecule has 0 spiro atoms. The third kappa shape index (κ3) is 7.05. The number of amides is 2. The molecular formula is C25H30N2O6. The van der Waals surface area contributed by atoms with Crippen LogP contribution in [0.25, 0.3) is 0 Å². The van der Waals surface area contributed by atoms with Crippen molar-refractivity contribution in [3.63, 3.8) is 0 Å². The van der Waals surface area contributed by atoms with Crippen molar-refractivity contribution in [1.29, 1.82) is 0 Å². The molecule has 1 aliphatic heterocycles. The van der Waals surface area contributed by atoms with E-state index in [9.17, 15) is 14.4 Å². The number of carbonyl (C=O) groups excluding carboxylic acids is 3. The van der Waals surface area contributed by atoms with Gasteiger partial charge in [0.2, 0.25) is 5.91 Å². The van der Waals surface area contributed by atoms with E-state index >= 15 is 0 Å². The molecule has 1 saturated heterocycles. The number of benzene rings is 2. The van der Waals surface area contributed by atoms with E-state index in [1.807, 2.05) is 37.3 Å². The first-order valence-electron chi connectivity index (χ1n) is 11.2. The quantitative estimate of drug-likeness (QED) is 0.413. The number of rotatable bonds is 11. The van der Waals surface area contributed by atoms with Crippen LogP contribution in [0.3, 0.4) is 0 Å². The average Bonchev–Trinajstić information content (AvgIpc) is 2.83. The van der Waals surface area contributed by atoms with Crippen molar-refractivity contribution in [2.75, 3.05) is 39.5 Å². The molecule has 2 aromatic rings. The van der Waals surface area contributed by atoms with E-state index in [-0.39, 0.29) is 24.8 Å². The smallest absolute Gasteiger partial charge is 0.308 e. The number of esters is 1. The predicted molar refractivity (Wildman–Crippen MR) is 122 cm³/mol. The molecule has 0 radical (unpaired) electrons. The summed E-state index contributed by atoms with van der Waals surface area (Å²) in [6.07, 6.45) is 0.373. The zero-order chi connectivity index (χ0) is 23.5. The second kappa shape index (κ2) is 12.6. The van der Waals surface area contributed by atoms with Gasteiger partial charge in [-0.25, -0.2) is 0 Å². The van der Waals surface area contributed by atoms with Crippen LogP contribution < -0.4 is 10.1 Å². The normalized spacial score (nSPS) is 15.6. The molecule has 0 aliphatic carbocycles. The number of nitrogens with zero attached hydrogens (tertiary/aromatic N) is 1. The highest BCUT2D eigenvalue weighted by molar-refractivity contribution is 6.01. The lowest BCUT2D eigenvalue weighted by atomic mass is 10.1. The van der Waals surface area contributed by atoms with Gasteiger partial charge in [0.15, 0.2) is 0 Å². The van der Waals surface area contributed by atoms with Crippen molar-refractivity contribution in [1.82, 2.24) is 10.2 Å². The number of hydrogen-bond donors (Lipinski definition) is 1. The van der Waals surface area contributed by atoms with E-state index in [2.05, 4.69) is 5.32 Å².